The molecule has 126 valence electrons. The van der Waals surface area contributed by atoms with E-state index >= 15 is 0 Å². The first-order valence-corrected chi connectivity index (χ1v) is 7.13. The molecule has 1 atom stereocenters. The number of hydrogen-bond donors (Lipinski definition) is 4. The third kappa shape index (κ3) is 5.04. The number of aromatic hydroxyl groups is 3. The van der Waals surface area contributed by atoms with Gasteiger partial charge in [0.05, 0.1) is 6.10 Å². The molecule has 2 aromatic carbocycles. The Labute approximate surface area is 146 Å². The highest BCUT2D eigenvalue weighted by atomic mass is 79.9. The topological polar surface area (TPSA) is 84.2 Å². The smallest absolute Gasteiger partial charge is 0.119 e. The van der Waals surface area contributed by atoms with Gasteiger partial charge in [-0.2, -0.15) is 0 Å². The van der Waals surface area contributed by atoms with Crippen LogP contribution in [0.15, 0.2) is 42.5 Å². The van der Waals surface area contributed by atoms with Gasteiger partial charge >= 0.3 is 0 Å². The van der Waals surface area contributed by atoms with Crippen molar-refractivity contribution in [3.05, 3.63) is 48.0 Å². The van der Waals surface area contributed by atoms with Gasteiger partial charge in [-0.15, -0.1) is 17.0 Å². The number of aliphatic hydroxyl groups is 1. The van der Waals surface area contributed by atoms with Gasteiger partial charge in [-0.1, -0.05) is 0 Å². The van der Waals surface area contributed by atoms with Gasteiger partial charge in [0.2, 0.25) is 0 Å². The summed E-state index contributed by atoms with van der Waals surface area (Å²) in [7, 11) is 0. The summed E-state index contributed by atoms with van der Waals surface area (Å²) in [6.07, 6.45) is -0.866. The van der Waals surface area contributed by atoms with Gasteiger partial charge in [0, 0.05) is 24.3 Å². The van der Waals surface area contributed by atoms with Crippen LogP contribution >= 0.6 is 17.0 Å². The number of hydrogen-bond acceptors (Lipinski definition) is 5. The first kappa shape index (κ1) is 19.1. The standard InChI is InChI=1S/C17H21NO4.BrH/c1-11(2)18(13-3-5-14(19)6-4-13)10-17(22)12-7-15(20)9-16(21)8-12;/h3-9,11,17,19-22H,10H2,1-2H3;1H. The van der Waals surface area contributed by atoms with E-state index in [0.717, 1.165) is 5.69 Å². The zero-order chi connectivity index (χ0) is 16.3. The molecule has 4 N–H and O–H groups in total. The predicted molar refractivity (Wildman–Crippen MR) is 95.6 cm³/mol. The third-order valence-electron chi connectivity index (χ3n) is 3.48. The summed E-state index contributed by atoms with van der Waals surface area (Å²) in [6.45, 7) is 4.30. The first-order chi connectivity index (χ1) is 10.4. The van der Waals surface area contributed by atoms with E-state index in [4.69, 9.17) is 0 Å². The fraction of sp³-hybridized carbons (Fsp3) is 0.294. The van der Waals surface area contributed by atoms with Crippen molar-refractivity contribution in [2.75, 3.05) is 11.4 Å². The summed E-state index contributed by atoms with van der Waals surface area (Å²) in [5, 5.41) is 38.8. The molecule has 0 aliphatic carbocycles. The Bertz CT molecular complexity index is 611. The van der Waals surface area contributed by atoms with Gasteiger partial charge in [-0.05, 0) is 55.8 Å². The average molecular weight is 384 g/mol. The van der Waals surface area contributed by atoms with Crippen molar-refractivity contribution in [3.8, 4) is 17.2 Å². The molecule has 0 aliphatic rings. The lowest BCUT2D eigenvalue weighted by atomic mass is 10.1. The van der Waals surface area contributed by atoms with Crippen LogP contribution < -0.4 is 4.90 Å². The number of anilines is 1. The maximum Gasteiger partial charge on any atom is 0.119 e. The van der Waals surface area contributed by atoms with E-state index in [0.29, 0.717) is 12.1 Å². The number of benzene rings is 2. The zero-order valence-corrected chi connectivity index (χ0v) is 14.8. The molecule has 6 heteroatoms. The highest BCUT2D eigenvalue weighted by Crippen LogP contribution is 2.28. The van der Waals surface area contributed by atoms with Crippen LogP contribution in [0.1, 0.15) is 25.5 Å². The molecule has 0 aromatic heterocycles. The van der Waals surface area contributed by atoms with Gasteiger partial charge in [-0.25, -0.2) is 0 Å². The number of aliphatic hydroxyl groups excluding tert-OH is 1. The molecule has 2 aromatic rings. The number of phenols is 3. The third-order valence-corrected chi connectivity index (χ3v) is 3.48. The number of halogens is 1. The molecule has 0 amide bonds. The second-order valence-electron chi connectivity index (χ2n) is 5.56. The lowest BCUT2D eigenvalue weighted by Crippen LogP contribution is -2.34. The molecule has 0 fully saturated rings. The summed E-state index contributed by atoms with van der Waals surface area (Å²) in [5.74, 6) is 0.00969. The minimum absolute atomic E-state index is 0. The van der Waals surface area contributed by atoms with E-state index in [9.17, 15) is 20.4 Å². The maximum atomic E-state index is 10.4. The van der Waals surface area contributed by atoms with Crippen LogP contribution in [0.2, 0.25) is 0 Å². The molecule has 5 nitrogen and oxygen atoms in total. The Morgan fingerprint density at radius 2 is 1.39 bits per heavy atom. The highest BCUT2D eigenvalue weighted by molar-refractivity contribution is 8.93. The molecule has 0 radical (unpaired) electrons. The molecule has 0 aliphatic heterocycles. The summed E-state index contributed by atoms with van der Waals surface area (Å²) in [5.41, 5.74) is 1.32. The quantitative estimate of drug-likeness (QED) is 0.636. The highest BCUT2D eigenvalue weighted by Gasteiger charge is 2.18. The first-order valence-electron chi connectivity index (χ1n) is 7.13. The Balaban J connectivity index is 0.00000264. The molecule has 1 unspecified atom stereocenters. The minimum Gasteiger partial charge on any atom is -0.508 e. The van der Waals surface area contributed by atoms with Crippen molar-refractivity contribution in [3.63, 3.8) is 0 Å². The molecule has 0 saturated carbocycles. The van der Waals surface area contributed by atoms with Crippen LogP contribution in [0.3, 0.4) is 0 Å². The largest absolute Gasteiger partial charge is 0.508 e. The van der Waals surface area contributed by atoms with E-state index in [-0.39, 0.29) is 40.3 Å². The van der Waals surface area contributed by atoms with Gasteiger partial charge < -0.3 is 25.3 Å². The van der Waals surface area contributed by atoms with Crippen LogP contribution in [0.5, 0.6) is 17.2 Å². The normalized spacial score (nSPS) is 11.8. The summed E-state index contributed by atoms with van der Waals surface area (Å²) in [4.78, 5) is 1.98. The van der Waals surface area contributed by atoms with Gasteiger partial charge in [0.25, 0.3) is 0 Å². The molecular weight excluding hydrogens is 362 g/mol. The second-order valence-corrected chi connectivity index (χ2v) is 5.56. The van der Waals surface area contributed by atoms with E-state index in [2.05, 4.69) is 0 Å². The fourth-order valence-electron chi connectivity index (χ4n) is 2.36. The summed E-state index contributed by atoms with van der Waals surface area (Å²) >= 11 is 0. The van der Waals surface area contributed by atoms with Crippen LogP contribution in [-0.4, -0.2) is 33.0 Å². The Hall–Kier alpha value is -1.92. The van der Waals surface area contributed by atoms with Crippen molar-refractivity contribution < 1.29 is 20.4 Å². The van der Waals surface area contributed by atoms with E-state index in [1.54, 1.807) is 24.3 Å². The Morgan fingerprint density at radius 1 is 0.870 bits per heavy atom. The summed E-state index contributed by atoms with van der Waals surface area (Å²) < 4.78 is 0. The zero-order valence-electron chi connectivity index (χ0n) is 13.0. The van der Waals surface area contributed by atoms with Gasteiger partial charge in [0.15, 0.2) is 0 Å². The molecule has 0 heterocycles. The van der Waals surface area contributed by atoms with Crippen molar-refractivity contribution >= 4 is 22.7 Å². The molecule has 0 bridgehead atoms. The SMILES string of the molecule is Br.CC(C)N(CC(O)c1cc(O)cc(O)c1)c1ccc(O)cc1. The van der Waals surface area contributed by atoms with Gasteiger partial charge in [0.1, 0.15) is 17.2 Å². The number of phenolic OH excluding ortho intramolecular Hbond substituents is 3. The maximum absolute atomic E-state index is 10.4. The monoisotopic (exact) mass is 383 g/mol. The molecule has 0 saturated heterocycles. The second kappa shape index (κ2) is 8.08. The van der Waals surface area contributed by atoms with Crippen molar-refractivity contribution in [2.45, 2.75) is 26.0 Å². The van der Waals surface area contributed by atoms with Crippen LogP contribution in [-0.2, 0) is 0 Å². The lowest BCUT2D eigenvalue weighted by Gasteiger charge is -2.31. The summed E-state index contributed by atoms with van der Waals surface area (Å²) in [6, 6.07) is 11.0. The van der Waals surface area contributed by atoms with Crippen molar-refractivity contribution in [1.82, 2.24) is 0 Å². The van der Waals surface area contributed by atoms with Crippen LogP contribution in [0, 0.1) is 0 Å². The Kier molecular flexibility index (Phi) is 6.72. The molecule has 23 heavy (non-hydrogen) atoms. The van der Waals surface area contributed by atoms with E-state index in [1.165, 1.54) is 18.2 Å². The fourth-order valence-corrected chi connectivity index (χ4v) is 2.36. The minimum atomic E-state index is -0.866. The molecule has 0 spiro atoms. The number of rotatable bonds is 5. The Morgan fingerprint density at radius 3 is 1.87 bits per heavy atom. The van der Waals surface area contributed by atoms with Crippen molar-refractivity contribution in [2.24, 2.45) is 0 Å². The lowest BCUT2D eigenvalue weighted by molar-refractivity contribution is 0.180. The van der Waals surface area contributed by atoms with E-state index < -0.39 is 6.10 Å². The predicted octanol–water partition coefficient (Wildman–Crippen LogP) is 3.33. The average Bonchev–Trinajstić information content (AvgIpc) is 2.44. The van der Waals surface area contributed by atoms with E-state index in [1.807, 2.05) is 18.7 Å². The molecule has 2 rings (SSSR count). The van der Waals surface area contributed by atoms with Crippen LogP contribution in [0.25, 0.3) is 0 Å². The van der Waals surface area contributed by atoms with Gasteiger partial charge in [-0.3, -0.25) is 0 Å². The molecular formula is C17H22BrNO4. The van der Waals surface area contributed by atoms with Crippen molar-refractivity contribution in [1.29, 1.82) is 0 Å². The van der Waals surface area contributed by atoms with Crippen LogP contribution in [0.4, 0.5) is 5.69 Å². The number of nitrogens with zero attached hydrogens (tertiary/aromatic N) is 1.